The molecule has 0 aliphatic carbocycles. The third kappa shape index (κ3) is 3.09. The molecule has 0 spiro atoms. The molecular formula is C16H22N4O3. The first kappa shape index (κ1) is 15.6. The molecule has 124 valence electrons. The Balaban J connectivity index is 1.67. The monoisotopic (exact) mass is 318 g/mol. The van der Waals surface area contributed by atoms with Crippen molar-refractivity contribution >= 4 is 23.5 Å². The number of aromatic nitrogens is 1. The summed E-state index contributed by atoms with van der Waals surface area (Å²) in [6, 6.07) is 3.48. The quantitative estimate of drug-likeness (QED) is 0.847. The van der Waals surface area contributed by atoms with Crippen LogP contribution in [0.25, 0.3) is 0 Å². The summed E-state index contributed by atoms with van der Waals surface area (Å²) in [5.74, 6) is 0.428. The first-order valence-electron chi connectivity index (χ1n) is 7.75. The molecule has 2 aliphatic heterocycles. The minimum Gasteiger partial charge on any atom is -0.444 e. The number of hydrogen-bond donors (Lipinski definition) is 1. The van der Waals surface area contributed by atoms with Gasteiger partial charge in [-0.2, -0.15) is 0 Å². The molecule has 2 saturated heterocycles. The van der Waals surface area contributed by atoms with Gasteiger partial charge in [-0.05, 0) is 32.9 Å². The summed E-state index contributed by atoms with van der Waals surface area (Å²) in [7, 11) is 0. The van der Waals surface area contributed by atoms with Crippen LogP contribution in [-0.4, -0.2) is 47.1 Å². The predicted octanol–water partition coefficient (Wildman–Crippen LogP) is 1.49. The summed E-state index contributed by atoms with van der Waals surface area (Å²) >= 11 is 0. The van der Waals surface area contributed by atoms with Crippen molar-refractivity contribution < 1.29 is 14.3 Å². The summed E-state index contributed by atoms with van der Waals surface area (Å²) in [4.78, 5) is 32.2. The van der Waals surface area contributed by atoms with Crippen LogP contribution in [0, 0.1) is 11.8 Å². The average Bonchev–Trinajstić information content (AvgIpc) is 2.98. The van der Waals surface area contributed by atoms with E-state index in [2.05, 4.69) is 4.98 Å². The maximum absolute atomic E-state index is 12.6. The molecule has 1 aromatic rings. The van der Waals surface area contributed by atoms with E-state index in [9.17, 15) is 9.59 Å². The van der Waals surface area contributed by atoms with E-state index in [1.54, 1.807) is 28.1 Å². The molecule has 3 rings (SSSR count). The van der Waals surface area contributed by atoms with E-state index >= 15 is 0 Å². The van der Waals surface area contributed by atoms with Crippen LogP contribution in [0.15, 0.2) is 18.3 Å². The first-order chi connectivity index (χ1) is 10.7. The van der Waals surface area contributed by atoms with Crippen molar-refractivity contribution in [2.75, 3.05) is 30.3 Å². The van der Waals surface area contributed by atoms with Gasteiger partial charge in [0, 0.05) is 25.6 Å². The highest BCUT2D eigenvalue weighted by Gasteiger charge is 2.48. The minimum absolute atomic E-state index is 0.0348. The molecule has 0 saturated carbocycles. The Kier molecular flexibility index (Phi) is 3.66. The fourth-order valence-corrected chi connectivity index (χ4v) is 3.13. The third-order valence-corrected chi connectivity index (χ3v) is 4.18. The molecule has 0 bridgehead atoms. The van der Waals surface area contributed by atoms with Crippen molar-refractivity contribution in [3.63, 3.8) is 0 Å². The molecule has 2 fully saturated rings. The molecular weight excluding hydrogens is 296 g/mol. The zero-order valence-electron chi connectivity index (χ0n) is 13.7. The van der Waals surface area contributed by atoms with Crippen LogP contribution >= 0.6 is 0 Å². The summed E-state index contributed by atoms with van der Waals surface area (Å²) in [5, 5.41) is 0. The van der Waals surface area contributed by atoms with E-state index in [1.165, 1.54) is 0 Å². The lowest BCUT2D eigenvalue weighted by Gasteiger charge is -2.26. The smallest absolute Gasteiger partial charge is 0.410 e. The Labute approximate surface area is 135 Å². The van der Waals surface area contributed by atoms with Crippen molar-refractivity contribution in [3.8, 4) is 0 Å². The summed E-state index contributed by atoms with van der Waals surface area (Å²) in [5.41, 5.74) is 5.81. The Morgan fingerprint density at radius 3 is 2.61 bits per heavy atom. The number of pyridine rings is 1. The molecule has 2 atom stereocenters. The molecule has 7 nitrogen and oxygen atoms in total. The van der Waals surface area contributed by atoms with Crippen molar-refractivity contribution in [3.05, 3.63) is 18.3 Å². The maximum atomic E-state index is 12.6. The molecule has 23 heavy (non-hydrogen) atoms. The number of hydrogen-bond acceptors (Lipinski definition) is 5. The van der Waals surface area contributed by atoms with Gasteiger partial charge in [0.1, 0.15) is 11.4 Å². The van der Waals surface area contributed by atoms with Crippen LogP contribution in [0.1, 0.15) is 20.8 Å². The Bertz CT molecular complexity index is 623. The molecule has 2 amide bonds. The Hall–Kier alpha value is -2.31. The van der Waals surface area contributed by atoms with Crippen molar-refractivity contribution in [1.29, 1.82) is 0 Å². The van der Waals surface area contributed by atoms with E-state index in [-0.39, 0.29) is 23.8 Å². The Morgan fingerprint density at radius 2 is 2.04 bits per heavy atom. The lowest BCUT2D eigenvalue weighted by atomic mass is 10.0. The number of rotatable bonds is 1. The van der Waals surface area contributed by atoms with Gasteiger partial charge in [-0.25, -0.2) is 9.78 Å². The highest BCUT2D eigenvalue weighted by atomic mass is 16.6. The fourth-order valence-electron chi connectivity index (χ4n) is 3.13. The highest BCUT2D eigenvalue weighted by molar-refractivity contribution is 5.98. The number of nitrogens with two attached hydrogens (primary N) is 1. The number of anilines is 2. The lowest BCUT2D eigenvalue weighted by molar-refractivity contribution is -0.120. The highest BCUT2D eigenvalue weighted by Crippen LogP contribution is 2.35. The second-order valence-corrected chi connectivity index (χ2v) is 7.14. The Morgan fingerprint density at radius 1 is 1.30 bits per heavy atom. The molecule has 0 aromatic carbocycles. The second kappa shape index (κ2) is 5.40. The predicted molar refractivity (Wildman–Crippen MR) is 85.8 cm³/mol. The number of nitrogen functional groups attached to an aromatic ring is 1. The topological polar surface area (TPSA) is 88.8 Å². The van der Waals surface area contributed by atoms with Crippen LogP contribution < -0.4 is 10.6 Å². The molecule has 7 heteroatoms. The van der Waals surface area contributed by atoms with Gasteiger partial charge in [-0.1, -0.05) is 0 Å². The second-order valence-electron chi connectivity index (χ2n) is 7.14. The standard InChI is InChI=1S/C16H22N4O3/c1-16(2,3)23-15(22)19-7-10-8-20(14(21)12(10)9-19)11-4-5-13(17)18-6-11/h4-6,10,12H,7-9H2,1-3H3,(H2,17,18). The fraction of sp³-hybridized carbons (Fsp3) is 0.562. The number of fused-ring (bicyclic) bond motifs is 1. The molecule has 2 N–H and O–H groups in total. The normalized spacial score (nSPS) is 24.0. The van der Waals surface area contributed by atoms with E-state index in [1.807, 2.05) is 20.8 Å². The van der Waals surface area contributed by atoms with E-state index in [0.29, 0.717) is 25.5 Å². The van der Waals surface area contributed by atoms with Crippen LogP contribution in [0.2, 0.25) is 0 Å². The first-order valence-corrected chi connectivity index (χ1v) is 7.75. The third-order valence-electron chi connectivity index (χ3n) is 4.18. The molecule has 2 unspecified atom stereocenters. The maximum Gasteiger partial charge on any atom is 0.410 e. The van der Waals surface area contributed by atoms with Crippen LogP contribution in [0.5, 0.6) is 0 Å². The zero-order chi connectivity index (χ0) is 16.8. The molecule has 1 aromatic heterocycles. The summed E-state index contributed by atoms with van der Waals surface area (Å²) < 4.78 is 5.38. The van der Waals surface area contributed by atoms with Gasteiger partial charge in [0.05, 0.1) is 17.8 Å². The van der Waals surface area contributed by atoms with Gasteiger partial charge in [0.25, 0.3) is 0 Å². The molecule has 3 heterocycles. The van der Waals surface area contributed by atoms with Crippen LogP contribution in [-0.2, 0) is 9.53 Å². The van der Waals surface area contributed by atoms with Gasteiger partial charge >= 0.3 is 6.09 Å². The number of carbonyl (C=O) groups is 2. The molecule has 0 radical (unpaired) electrons. The number of ether oxygens (including phenoxy) is 1. The number of carbonyl (C=O) groups excluding carboxylic acids is 2. The van der Waals surface area contributed by atoms with Gasteiger partial charge < -0.3 is 20.3 Å². The number of nitrogens with zero attached hydrogens (tertiary/aromatic N) is 3. The lowest BCUT2D eigenvalue weighted by Crippen LogP contribution is -2.38. The van der Waals surface area contributed by atoms with Crippen LogP contribution in [0.4, 0.5) is 16.3 Å². The number of likely N-dealkylation sites (tertiary alicyclic amines) is 1. The van der Waals surface area contributed by atoms with Gasteiger partial charge in [-0.3, -0.25) is 4.79 Å². The van der Waals surface area contributed by atoms with Crippen molar-refractivity contribution in [1.82, 2.24) is 9.88 Å². The van der Waals surface area contributed by atoms with Gasteiger partial charge in [0.15, 0.2) is 0 Å². The van der Waals surface area contributed by atoms with E-state index in [0.717, 1.165) is 5.69 Å². The number of amides is 2. The largest absolute Gasteiger partial charge is 0.444 e. The summed E-state index contributed by atoms with van der Waals surface area (Å²) in [6.45, 7) is 7.06. The zero-order valence-corrected chi connectivity index (χ0v) is 13.7. The summed E-state index contributed by atoms with van der Waals surface area (Å²) in [6.07, 6.45) is 1.26. The van der Waals surface area contributed by atoms with Crippen molar-refractivity contribution in [2.45, 2.75) is 26.4 Å². The van der Waals surface area contributed by atoms with E-state index < -0.39 is 5.60 Å². The average molecular weight is 318 g/mol. The van der Waals surface area contributed by atoms with Crippen LogP contribution in [0.3, 0.4) is 0 Å². The SMILES string of the molecule is CC(C)(C)OC(=O)N1CC2CN(c3ccc(N)nc3)C(=O)C2C1. The van der Waals surface area contributed by atoms with Gasteiger partial charge in [0.2, 0.25) is 5.91 Å². The molecule has 2 aliphatic rings. The minimum atomic E-state index is -0.527. The van der Waals surface area contributed by atoms with Crippen molar-refractivity contribution in [2.24, 2.45) is 11.8 Å². The van der Waals surface area contributed by atoms with Gasteiger partial charge in [-0.15, -0.1) is 0 Å². The van der Waals surface area contributed by atoms with E-state index in [4.69, 9.17) is 10.5 Å².